The average Bonchev–Trinajstić information content (AvgIpc) is 2.37. The summed E-state index contributed by atoms with van der Waals surface area (Å²) in [6, 6.07) is 8.93. The lowest BCUT2D eigenvalue weighted by Crippen LogP contribution is -2.30. The van der Waals surface area contributed by atoms with Gasteiger partial charge in [-0.2, -0.15) is 0 Å². The highest BCUT2D eigenvalue weighted by Gasteiger charge is 2.21. The number of ether oxygens (including phenoxy) is 1. The number of hydrogen-bond donors (Lipinski definition) is 1. The normalized spacial score (nSPS) is 21.8. The molecule has 2 nitrogen and oxygen atoms in total. The number of piperidine rings is 1. The van der Waals surface area contributed by atoms with Crippen LogP contribution in [-0.2, 0) is 11.2 Å². The first-order valence-corrected chi connectivity index (χ1v) is 7.83. The third kappa shape index (κ3) is 3.08. The van der Waals surface area contributed by atoms with Gasteiger partial charge in [-0.05, 0) is 49.9 Å². The fourth-order valence-corrected chi connectivity index (χ4v) is 3.79. The van der Waals surface area contributed by atoms with Crippen molar-refractivity contribution in [2.24, 2.45) is 5.92 Å². The first-order valence-electron chi connectivity index (χ1n) is 6.95. The zero-order valence-corrected chi connectivity index (χ0v) is 11.5. The smallest absolute Gasteiger partial charge is 0.0611 e. The van der Waals surface area contributed by atoms with Crippen LogP contribution >= 0.6 is 11.8 Å². The van der Waals surface area contributed by atoms with Crippen LogP contribution in [0.5, 0.6) is 0 Å². The van der Waals surface area contributed by atoms with E-state index in [1.165, 1.54) is 37.2 Å². The molecule has 2 saturated heterocycles. The van der Waals surface area contributed by atoms with Crippen molar-refractivity contribution in [1.82, 2.24) is 5.32 Å². The van der Waals surface area contributed by atoms with Crippen LogP contribution in [0.1, 0.15) is 18.4 Å². The van der Waals surface area contributed by atoms with Gasteiger partial charge in [-0.3, -0.25) is 0 Å². The van der Waals surface area contributed by atoms with Crippen molar-refractivity contribution in [3.05, 3.63) is 29.8 Å². The van der Waals surface area contributed by atoms with Crippen LogP contribution in [0.3, 0.4) is 0 Å². The first-order chi connectivity index (χ1) is 8.92. The van der Waals surface area contributed by atoms with Gasteiger partial charge in [0.2, 0.25) is 0 Å². The van der Waals surface area contributed by atoms with E-state index in [1.54, 1.807) is 5.56 Å². The number of thioether (sulfide) groups is 1. The molecule has 0 aromatic heterocycles. The summed E-state index contributed by atoms with van der Waals surface area (Å²) < 4.78 is 5.27. The van der Waals surface area contributed by atoms with E-state index in [-0.39, 0.29) is 0 Å². The van der Waals surface area contributed by atoms with Crippen molar-refractivity contribution in [2.75, 3.05) is 26.3 Å². The molecule has 2 aliphatic rings. The fourth-order valence-electron chi connectivity index (χ4n) is 2.65. The topological polar surface area (TPSA) is 21.3 Å². The lowest BCUT2D eigenvalue weighted by molar-refractivity contribution is 0.0455. The van der Waals surface area contributed by atoms with Crippen molar-refractivity contribution in [3.8, 4) is 0 Å². The van der Waals surface area contributed by atoms with Gasteiger partial charge in [-0.15, -0.1) is 11.8 Å². The van der Waals surface area contributed by atoms with E-state index in [1.807, 2.05) is 11.8 Å². The molecule has 0 bridgehead atoms. The largest absolute Gasteiger partial charge is 0.379 e. The number of benzene rings is 1. The third-order valence-corrected chi connectivity index (χ3v) is 5.10. The van der Waals surface area contributed by atoms with Gasteiger partial charge in [0.25, 0.3) is 0 Å². The second-order valence-electron chi connectivity index (χ2n) is 5.28. The SMILES string of the molecule is c1ccc(SC2COC2)c(CC2CCNCC2)c1. The molecule has 0 amide bonds. The van der Waals surface area contributed by atoms with Gasteiger partial charge in [0.15, 0.2) is 0 Å². The van der Waals surface area contributed by atoms with Crippen LogP contribution in [0.4, 0.5) is 0 Å². The number of hydrogen-bond acceptors (Lipinski definition) is 3. The van der Waals surface area contributed by atoms with Gasteiger partial charge < -0.3 is 10.1 Å². The van der Waals surface area contributed by atoms with Gasteiger partial charge in [0, 0.05) is 4.90 Å². The maximum absolute atomic E-state index is 5.27. The fraction of sp³-hybridized carbons (Fsp3) is 0.600. The highest BCUT2D eigenvalue weighted by Crippen LogP contribution is 2.32. The van der Waals surface area contributed by atoms with E-state index < -0.39 is 0 Å². The Hall–Kier alpha value is -0.510. The standard InChI is InChI=1S/C15H21NOS/c1-2-4-15(18-14-10-17-11-14)13(3-1)9-12-5-7-16-8-6-12/h1-4,12,14,16H,5-11H2. The van der Waals surface area contributed by atoms with Crippen LogP contribution in [0.2, 0.25) is 0 Å². The minimum absolute atomic E-state index is 0.680. The summed E-state index contributed by atoms with van der Waals surface area (Å²) in [6.45, 7) is 4.23. The van der Waals surface area contributed by atoms with Gasteiger partial charge >= 0.3 is 0 Å². The predicted molar refractivity (Wildman–Crippen MR) is 76.2 cm³/mol. The van der Waals surface area contributed by atoms with E-state index in [4.69, 9.17) is 4.74 Å². The Balaban J connectivity index is 1.65. The van der Waals surface area contributed by atoms with Crippen LogP contribution in [0.15, 0.2) is 29.2 Å². The van der Waals surface area contributed by atoms with Gasteiger partial charge in [-0.1, -0.05) is 18.2 Å². The summed E-state index contributed by atoms with van der Waals surface area (Å²) in [5.74, 6) is 0.866. The van der Waals surface area contributed by atoms with E-state index >= 15 is 0 Å². The van der Waals surface area contributed by atoms with Crippen LogP contribution in [-0.4, -0.2) is 31.6 Å². The molecule has 0 unspecified atom stereocenters. The maximum atomic E-state index is 5.27. The van der Waals surface area contributed by atoms with Gasteiger partial charge in [0.05, 0.1) is 18.5 Å². The molecule has 2 aliphatic heterocycles. The predicted octanol–water partition coefficient (Wildman–Crippen LogP) is 2.72. The van der Waals surface area contributed by atoms with E-state index in [0.29, 0.717) is 5.25 Å². The molecule has 98 valence electrons. The van der Waals surface area contributed by atoms with Crippen LogP contribution in [0, 0.1) is 5.92 Å². The molecule has 0 radical (unpaired) electrons. The molecule has 18 heavy (non-hydrogen) atoms. The summed E-state index contributed by atoms with van der Waals surface area (Å²) in [4.78, 5) is 1.48. The van der Waals surface area contributed by atoms with Crippen LogP contribution in [0.25, 0.3) is 0 Å². The molecule has 0 saturated carbocycles. The summed E-state index contributed by atoms with van der Waals surface area (Å²) in [5, 5.41) is 4.12. The van der Waals surface area contributed by atoms with E-state index in [2.05, 4.69) is 29.6 Å². The van der Waals surface area contributed by atoms with Crippen molar-refractivity contribution in [3.63, 3.8) is 0 Å². The third-order valence-electron chi connectivity index (χ3n) is 3.84. The maximum Gasteiger partial charge on any atom is 0.0611 e. The summed E-state index contributed by atoms with van der Waals surface area (Å²) >= 11 is 2.00. The Morgan fingerprint density at radius 2 is 1.94 bits per heavy atom. The van der Waals surface area contributed by atoms with Gasteiger partial charge in [-0.25, -0.2) is 0 Å². The zero-order chi connectivity index (χ0) is 12.2. The number of rotatable bonds is 4. The molecule has 0 atom stereocenters. The lowest BCUT2D eigenvalue weighted by Gasteiger charge is -2.27. The Kier molecular flexibility index (Phi) is 4.24. The molecule has 1 N–H and O–H groups in total. The Morgan fingerprint density at radius 3 is 2.67 bits per heavy atom. The molecular weight excluding hydrogens is 242 g/mol. The summed E-state index contributed by atoms with van der Waals surface area (Å²) in [7, 11) is 0. The Labute approximate surface area is 113 Å². The molecule has 0 aliphatic carbocycles. The van der Waals surface area contributed by atoms with Gasteiger partial charge in [0.1, 0.15) is 0 Å². The molecule has 1 aromatic rings. The second-order valence-corrected chi connectivity index (χ2v) is 6.62. The highest BCUT2D eigenvalue weighted by molar-refractivity contribution is 8.00. The van der Waals surface area contributed by atoms with Crippen LogP contribution < -0.4 is 5.32 Å². The highest BCUT2D eigenvalue weighted by atomic mass is 32.2. The molecule has 1 aromatic carbocycles. The van der Waals surface area contributed by atoms with Crippen molar-refractivity contribution in [2.45, 2.75) is 29.4 Å². The monoisotopic (exact) mass is 263 g/mol. The van der Waals surface area contributed by atoms with Crippen molar-refractivity contribution >= 4 is 11.8 Å². The molecule has 2 heterocycles. The Bertz CT molecular complexity index is 386. The van der Waals surface area contributed by atoms with E-state index in [9.17, 15) is 0 Å². The molecule has 2 fully saturated rings. The lowest BCUT2D eigenvalue weighted by atomic mass is 9.91. The summed E-state index contributed by atoms with van der Waals surface area (Å²) in [6.07, 6.45) is 3.90. The van der Waals surface area contributed by atoms with Crippen molar-refractivity contribution < 1.29 is 4.74 Å². The minimum atomic E-state index is 0.680. The molecule has 3 rings (SSSR count). The minimum Gasteiger partial charge on any atom is -0.379 e. The zero-order valence-electron chi connectivity index (χ0n) is 10.7. The quantitative estimate of drug-likeness (QED) is 0.902. The first kappa shape index (κ1) is 12.5. The Morgan fingerprint density at radius 1 is 1.17 bits per heavy atom. The summed E-state index contributed by atoms with van der Waals surface area (Å²) in [5.41, 5.74) is 1.54. The molecular formula is C15H21NOS. The molecule has 0 spiro atoms. The molecule has 3 heteroatoms. The second kappa shape index (κ2) is 6.09. The number of nitrogens with one attached hydrogen (secondary N) is 1. The average molecular weight is 263 g/mol. The van der Waals surface area contributed by atoms with E-state index in [0.717, 1.165) is 19.1 Å². The van der Waals surface area contributed by atoms with Crippen molar-refractivity contribution in [1.29, 1.82) is 0 Å².